The van der Waals surface area contributed by atoms with Crippen LogP contribution in [0.25, 0.3) is 0 Å². The van der Waals surface area contributed by atoms with Crippen LogP contribution in [0.1, 0.15) is 46.3 Å². The van der Waals surface area contributed by atoms with E-state index in [2.05, 4.69) is 39.2 Å². The summed E-state index contributed by atoms with van der Waals surface area (Å²) in [6.07, 6.45) is -0.817. The van der Waals surface area contributed by atoms with Crippen molar-refractivity contribution in [2.24, 2.45) is 5.92 Å². The largest absolute Gasteiger partial charge is 0.480 e. The second-order valence-electron chi connectivity index (χ2n) is 8.24. The molecular formula is C19H31NO4Si. The first-order chi connectivity index (χ1) is 11.4. The maximum absolute atomic E-state index is 12.9. The summed E-state index contributed by atoms with van der Waals surface area (Å²) in [5.74, 6) is -1.66. The van der Waals surface area contributed by atoms with Crippen LogP contribution in [0, 0.1) is 5.92 Å². The summed E-state index contributed by atoms with van der Waals surface area (Å²) in [5.41, 5.74) is 0.734. The van der Waals surface area contributed by atoms with Gasteiger partial charge in [-0.1, -0.05) is 65.0 Å². The van der Waals surface area contributed by atoms with E-state index >= 15 is 0 Å². The predicted octanol–water partition coefficient (Wildman–Crippen LogP) is 3.97. The van der Waals surface area contributed by atoms with Gasteiger partial charge in [0.15, 0.2) is 8.32 Å². The van der Waals surface area contributed by atoms with E-state index in [-0.39, 0.29) is 11.0 Å². The highest BCUT2D eigenvalue weighted by Crippen LogP contribution is 2.39. The summed E-state index contributed by atoms with van der Waals surface area (Å²) in [6, 6.07) is 8.30. The lowest BCUT2D eigenvalue weighted by molar-refractivity contribution is -0.144. The molecule has 0 spiro atoms. The zero-order valence-corrected chi connectivity index (χ0v) is 17.3. The fourth-order valence-electron chi connectivity index (χ4n) is 2.11. The van der Waals surface area contributed by atoms with Crippen molar-refractivity contribution < 1.29 is 19.1 Å². The number of carbonyl (C=O) groups is 2. The van der Waals surface area contributed by atoms with Gasteiger partial charge in [-0.25, -0.2) is 4.79 Å². The number of hydrogen-bond acceptors (Lipinski definition) is 3. The monoisotopic (exact) mass is 365 g/mol. The zero-order valence-electron chi connectivity index (χ0n) is 16.3. The number of amides is 1. The molecule has 0 aliphatic heterocycles. The Morgan fingerprint density at radius 2 is 1.64 bits per heavy atom. The molecule has 0 bridgehead atoms. The van der Waals surface area contributed by atoms with E-state index in [1.165, 1.54) is 0 Å². The van der Waals surface area contributed by atoms with Crippen molar-refractivity contribution in [3.05, 3.63) is 35.9 Å². The molecule has 0 aliphatic carbocycles. The third-order valence-corrected chi connectivity index (χ3v) is 9.23. The summed E-state index contributed by atoms with van der Waals surface area (Å²) in [6.45, 7) is 14.0. The lowest BCUT2D eigenvalue weighted by Crippen LogP contribution is -2.49. The van der Waals surface area contributed by atoms with E-state index < -0.39 is 32.3 Å². The van der Waals surface area contributed by atoms with Crippen LogP contribution >= 0.6 is 0 Å². The quantitative estimate of drug-likeness (QED) is 0.717. The summed E-state index contributed by atoms with van der Waals surface area (Å²) in [5, 5.41) is 11.9. The summed E-state index contributed by atoms with van der Waals surface area (Å²) < 4.78 is 6.34. The van der Waals surface area contributed by atoms with Gasteiger partial charge in [0.2, 0.25) is 0 Å². The molecule has 2 N–H and O–H groups in total. The van der Waals surface area contributed by atoms with Gasteiger partial charge in [-0.3, -0.25) is 4.79 Å². The van der Waals surface area contributed by atoms with Crippen LogP contribution in [-0.4, -0.2) is 31.3 Å². The van der Waals surface area contributed by atoms with E-state index in [1.54, 1.807) is 13.8 Å². The van der Waals surface area contributed by atoms with E-state index in [4.69, 9.17) is 4.43 Å². The van der Waals surface area contributed by atoms with Crippen LogP contribution in [0.4, 0.5) is 0 Å². The highest BCUT2D eigenvalue weighted by atomic mass is 28.4. The lowest BCUT2D eigenvalue weighted by Gasteiger charge is -2.39. The fourth-order valence-corrected chi connectivity index (χ4v) is 3.30. The number of carboxylic acids is 1. The third-order valence-electron chi connectivity index (χ3n) is 4.79. The Balaban J connectivity index is 3.15. The zero-order chi connectivity index (χ0) is 19.4. The highest BCUT2D eigenvalue weighted by Gasteiger charge is 2.41. The van der Waals surface area contributed by atoms with E-state index in [9.17, 15) is 14.7 Å². The maximum Gasteiger partial charge on any atom is 0.326 e. The molecular weight excluding hydrogens is 334 g/mol. The normalized spacial score (nSPS) is 14.9. The first-order valence-electron chi connectivity index (χ1n) is 8.63. The predicted molar refractivity (Wildman–Crippen MR) is 102 cm³/mol. The van der Waals surface area contributed by atoms with Crippen molar-refractivity contribution in [2.45, 2.75) is 64.9 Å². The molecule has 2 atom stereocenters. The lowest BCUT2D eigenvalue weighted by atomic mass is 10.0. The Bertz CT molecular complexity index is 593. The van der Waals surface area contributed by atoms with Gasteiger partial charge in [-0.05, 0) is 29.6 Å². The molecule has 0 radical (unpaired) electrons. The first-order valence-corrected chi connectivity index (χ1v) is 11.5. The van der Waals surface area contributed by atoms with Gasteiger partial charge in [-0.2, -0.15) is 0 Å². The van der Waals surface area contributed by atoms with Gasteiger partial charge in [0, 0.05) is 0 Å². The van der Waals surface area contributed by atoms with Crippen LogP contribution in [-0.2, 0) is 14.0 Å². The molecule has 25 heavy (non-hydrogen) atoms. The summed E-state index contributed by atoms with van der Waals surface area (Å²) in [4.78, 5) is 24.3. The van der Waals surface area contributed by atoms with Crippen LogP contribution < -0.4 is 5.32 Å². The molecule has 0 saturated heterocycles. The molecule has 0 aromatic heterocycles. The van der Waals surface area contributed by atoms with Gasteiger partial charge in [0.1, 0.15) is 12.1 Å². The summed E-state index contributed by atoms with van der Waals surface area (Å²) in [7, 11) is -2.23. The number of aliphatic carboxylic acids is 1. The van der Waals surface area contributed by atoms with Crippen LogP contribution in [0.5, 0.6) is 0 Å². The second kappa shape index (κ2) is 8.14. The molecule has 0 fully saturated rings. The number of carboxylic acid groups (broad SMARTS) is 1. The number of benzene rings is 1. The average molecular weight is 366 g/mol. The minimum Gasteiger partial charge on any atom is -0.480 e. The number of nitrogens with one attached hydrogen (secondary N) is 1. The molecule has 1 aromatic carbocycles. The minimum atomic E-state index is -2.23. The van der Waals surface area contributed by atoms with Crippen LogP contribution in [0.3, 0.4) is 0 Å². The molecule has 1 unspecified atom stereocenters. The van der Waals surface area contributed by atoms with Crippen molar-refractivity contribution in [1.29, 1.82) is 0 Å². The van der Waals surface area contributed by atoms with E-state index in [1.807, 2.05) is 30.3 Å². The summed E-state index contributed by atoms with van der Waals surface area (Å²) >= 11 is 0. The van der Waals surface area contributed by atoms with Crippen molar-refractivity contribution in [1.82, 2.24) is 5.32 Å². The Labute approximate surface area is 151 Å². The van der Waals surface area contributed by atoms with Gasteiger partial charge in [0.25, 0.3) is 5.91 Å². The average Bonchev–Trinajstić information content (AvgIpc) is 2.49. The Kier molecular flexibility index (Phi) is 6.96. The SMILES string of the molecule is CC(C)C(NC(=O)[C@H](O[Si](C)(C)C(C)(C)C)c1ccccc1)C(=O)O. The minimum absolute atomic E-state index is 0.0649. The van der Waals surface area contributed by atoms with Crippen LogP contribution in [0.15, 0.2) is 30.3 Å². The van der Waals surface area contributed by atoms with Crippen molar-refractivity contribution in [3.8, 4) is 0 Å². The first kappa shape index (κ1) is 21.4. The molecule has 5 nitrogen and oxygen atoms in total. The molecule has 1 aromatic rings. The molecule has 0 saturated carbocycles. The third kappa shape index (κ3) is 5.68. The van der Waals surface area contributed by atoms with Crippen LogP contribution in [0.2, 0.25) is 18.1 Å². The topological polar surface area (TPSA) is 75.6 Å². The molecule has 1 amide bonds. The highest BCUT2D eigenvalue weighted by molar-refractivity contribution is 6.74. The van der Waals surface area contributed by atoms with Gasteiger partial charge < -0.3 is 14.8 Å². The Hall–Kier alpha value is -1.66. The second-order valence-corrected chi connectivity index (χ2v) is 13.0. The number of hydrogen-bond donors (Lipinski definition) is 2. The van der Waals surface area contributed by atoms with Gasteiger partial charge >= 0.3 is 5.97 Å². The molecule has 0 heterocycles. The smallest absolute Gasteiger partial charge is 0.326 e. The molecule has 6 heteroatoms. The van der Waals surface area contributed by atoms with Crippen molar-refractivity contribution in [2.75, 3.05) is 0 Å². The standard InChI is InChI=1S/C19H31NO4Si/c1-13(2)15(18(22)23)20-17(21)16(14-11-9-8-10-12-14)24-25(6,7)19(3,4)5/h8-13,15-16H,1-7H3,(H,20,21)(H,22,23)/t15?,16-/m1/s1. The van der Waals surface area contributed by atoms with Gasteiger partial charge in [0.05, 0.1) is 0 Å². The molecule has 1 rings (SSSR count). The Morgan fingerprint density at radius 1 is 1.12 bits per heavy atom. The number of carbonyl (C=O) groups excluding carboxylic acids is 1. The number of rotatable bonds is 7. The van der Waals surface area contributed by atoms with E-state index in [0.29, 0.717) is 0 Å². The van der Waals surface area contributed by atoms with Crippen molar-refractivity contribution in [3.63, 3.8) is 0 Å². The Morgan fingerprint density at radius 3 is 2.04 bits per heavy atom. The van der Waals surface area contributed by atoms with Crippen molar-refractivity contribution >= 4 is 20.2 Å². The maximum atomic E-state index is 12.9. The van der Waals surface area contributed by atoms with E-state index in [0.717, 1.165) is 5.56 Å². The molecule has 140 valence electrons. The fraction of sp³-hybridized carbons (Fsp3) is 0.579. The van der Waals surface area contributed by atoms with Gasteiger partial charge in [-0.15, -0.1) is 0 Å². The molecule has 0 aliphatic rings.